The van der Waals surface area contributed by atoms with E-state index in [0.717, 1.165) is 24.4 Å². The lowest BCUT2D eigenvalue weighted by Crippen LogP contribution is -2.41. The van der Waals surface area contributed by atoms with Crippen molar-refractivity contribution in [1.82, 2.24) is 5.32 Å². The van der Waals surface area contributed by atoms with E-state index in [-0.39, 0.29) is 5.82 Å². The summed E-state index contributed by atoms with van der Waals surface area (Å²) < 4.78 is 13.1. The molecule has 1 fully saturated rings. The van der Waals surface area contributed by atoms with Crippen molar-refractivity contribution in [2.24, 2.45) is 11.8 Å². The van der Waals surface area contributed by atoms with Crippen molar-refractivity contribution in [3.8, 4) is 0 Å². The van der Waals surface area contributed by atoms with Crippen LogP contribution < -0.4 is 5.32 Å². The van der Waals surface area contributed by atoms with Crippen LogP contribution in [0.25, 0.3) is 0 Å². The summed E-state index contributed by atoms with van der Waals surface area (Å²) in [6.07, 6.45) is 4.70. The van der Waals surface area contributed by atoms with Crippen LogP contribution in [0.2, 0.25) is 5.02 Å². The summed E-state index contributed by atoms with van der Waals surface area (Å²) in [5, 5.41) is 4.15. The molecule has 0 heterocycles. The van der Waals surface area contributed by atoms with Crippen molar-refractivity contribution in [1.29, 1.82) is 0 Å². The molecule has 3 heteroatoms. The predicted octanol–water partition coefficient (Wildman–Crippen LogP) is 4.44. The standard InChI is InChI=1S/C16H23ClFN/c1-3-19-16-7-4-11(2)8-13(16)9-12-5-6-14(18)10-15(12)17/h5-6,10-11,13,16,19H,3-4,7-9H2,1-2H3. The lowest BCUT2D eigenvalue weighted by molar-refractivity contribution is 0.214. The third kappa shape index (κ3) is 3.93. The molecule has 1 aromatic carbocycles. The van der Waals surface area contributed by atoms with Gasteiger partial charge in [-0.05, 0) is 61.8 Å². The lowest BCUT2D eigenvalue weighted by atomic mass is 9.76. The summed E-state index contributed by atoms with van der Waals surface area (Å²) in [4.78, 5) is 0. The Bertz CT molecular complexity index is 421. The molecule has 2 rings (SSSR count). The molecule has 0 radical (unpaired) electrons. The number of halogens is 2. The molecule has 1 aromatic rings. The van der Waals surface area contributed by atoms with Gasteiger partial charge in [-0.1, -0.05) is 31.5 Å². The molecule has 1 nitrogen and oxygen atoms in total. The van der Waals surface area contributed by atoms with Gasteiger partial charge in [0.05, 0.1) is 0 Å². The highest BCUT2D eigenvalue weighted by Gasteiger charge is 2.28. The molecule has 0 spiro atoms. The maximum Gasteiger partial charge on any atom is 0.124 e. The highest BCUT2D eigenvalue weighted by atomic mass is 35.5. The van der Waals surface area contributed by atoms with Gasteiger partial charge in [0.15, 0.2) is 0 Å². The summed E-state index contributed by atoms with van der Waals surface area (Å²) in [6, 6.07) is 5.34. The van der Waals surface area contributed by atoms with Gasteiger partial charge in [0, 0.05) is 11.1 Å². The molecule has 1 aliphatic carbocycles. The van der Waals surface area contributed by atoms with E-state index in [1.807, 2.05) is 6.07 Å². The summed E-state index contributed by atoms with van der Waals surface area (Å²) >= 11 is 6.15. The van der Waals surface area contributed by atoms with E-state index < -0.39 is 0 Å². The van der Waals surface area contributed by atoms with Crippen molar-refractivity contribution in [3.63, 3.8) is 0 Å². The van der Waals surface area contributed by atoms with Crippen LogP contribution in [0.5, 0.6) is 0 Å². The van der Waals surface area contributed by atoms with E-state index in [9.17, 15) is 4.39 Å². The SMILES string of the molecule is CCNC1CCC(C)CC1Cc1ccc(F)cc1Cl. The summed E-state index contributed by atoms with van der Waals surface area (Å²) in [7, 11) is 0. The zero-order chi connectivity index (χ0) is 13.8. The van der Waals surface area contributed by atoms with Crippen molar-refractivity contribution >= 4 is 11.6 Å². The fraction of sp³-hybridized carbons (Fsp3) is 0.625. The average Bonchev–Trinajstić information content (AvgIpc) is 2.36. The molecular weight excluding hydrogens is 261 g/mol. The van der Waals surface area contributed by atoms with Gasteiger partial charge in [0.25, 0.3) is 0 Å². The second kappa shape index (κ2) is 6.71. The Morgan fingerprint density at radius 1 is 1.37 bits per heavy atom. The zero-order valence-electron chi connectivity index (χ0n) is 11.8. The van der Waals surface area contributed by atoms with Crippen LogP contribution >= 0.6 is 11.6 Å². The molecule has 1 aliphatic rings. The molecule has 0 bridgehead atoms. The molecule has 0 saturated heterocycles. The summed E-state index contributed by atoms with van der Waals surface area (Å²) in [5.41, 5.74) is 1.07. The molecule has 0 amide bonds. The molecule has 0 aromatic heterocycles. The van der Waals surface area contributed by atoms with Crippen LogP contribution in [0.4, 0.5) is 4.39 Å². The number of nitrogens with one attached hydrogen (secondary N) is 1. The van der Waals surface area contributed by atoms with Crippen LogP contribution in [-0.4, -0.2) is 12.6 Å². The number of hydrogen-bond acceptors (Lipinski definition) is 1. The highest BCUT2D eigenvalue weighted by Crippen LogP contribution is 2.33. The number of benzene rings is 1. The van der Waals surface area contributed by atoms with E-state index >= 15 is 0 Å². The third-order valence-corrected chi connectivity index (χ3v) is 4.56. The van der Waals surface area contributed by atoms with E-state index in [1.54, 1.807) is 0 Å². The molecule has 1 saturated carbocycles. The van der Waals surface area contributed by atoms with Crippen molar-refractivity contribution in [2.75, 3.05) is 6.54 Å². The first-order valence-corrected chi connectivity index (χ1v) is 7.65. The van der Waals surface area contributed by atoms with E-state index in [0.29, 0.717) is 17.0 Å². The first kappa shape index (κ1) is 14.8. The maximum atomic E-state index is 13.1. The van der Waals surface area contributed by atoms with E-state index in [2.05, 4.69) is 19.2 Å². The van der Waals surface area contributed by atoms with Gasteiger partial charge in [-0.2, -0.15) is 0 Å². The largest absolute Gasteiger partial charge is 0.314 e. The number of hydrogen-bond donors (Lipinski definition) is 1. The quantitative estimate of drug-likeness (QED) is 0.862. The Morgan fingerprint density at radius 2 is 2.16 bits per heavy atom. The van der Waals surface area contributed by atoms with Crippen LogP contribution in [0.3, 0.4) is 0 Å². The Kier molecular flexibility index (Phi) is 5.23. The van der Waals surface area contributed by atoms with Gasteiger partial charge in [0.1, 0.15) is 5.82 Å². The van der Waals surface area contributed by atoms with Gasteiger partial charge in [-0.3, -0.25) is 0 Å². The third-order valence-electron chi connectivity index (χ3n) is 4.21. The van der Waals surface area contributed by atoms with Gasteiger partial charge < -0.3 is 5.32 Å². The summed E-state index contributed by atoms with van der Waals surface area (Å²) in [5.74, 6) is 1.12. The first-order chi connectivity index (χ1) is 9.10. The second-order valence-corrected chi connectivity index (χ2v) is 6.19. The molecule has 3 atom stereocenters. The van der Waals surface area contributed by atoms with Crippen molar-refractivity contribution in [3.05, 3.63) is 34.6 Å². The molecule has 3 unspecified atom stereocenters. The Hall–Kier alpha value is -0.600. The fourth-order valence-corrected chi connectivity index (χ4v) is 3.47. The average molecular weight is 284 g/mol. The molecule has 0 aliphatic heterocycles. The molecular formula is C16H23ClFN. The van der Waals surface area contributed by atoms with Crippen molar-refractivity contribution < 1.29 is 4.39 Å². The van der Waals surface area contributed by atoms with Crippen molar-refractivity contribution in [2.45, 2.75) is 45.6 Å². The summed E-state index contributed by atoms with van der Waals surface area (Å²) in [6.45, 7) is 5.48. The Labute approximate surface area is 120 Å². The van der Waals surface area contributed by atoms with Gasteiger partial charge in [-0.15, -0.1) is 0 Å². The van der Waals surface area contributed by atoms with E-state index in [4.69, 9.17) is 11.6 Å². The first-order valence-electron chi connectivity index (χ1n) is 7.27. The monoisotopic (exact) mass is 283 g/mol. The van der Waals surface area contributed by atoms with Crippen LogP contribution in [-0.2, 0) is 6.42 Å². The lowest BCUT2D eigenvalue weighted by Gasteiger charge is -2.35. The Balaban J connectivity index is 2.09. The van der Waals surface area contributed by atoms with Gasteiger partial charge in [0.2, 0.25) is 0 Å². The van der Waals surface area contributed by atoms with Crippen LogP contribution in [0, 0.1) is 17.7 Å². The van der Waals surface area contributed by atoms with Gasteiger partial charge in [-0.25, -0.2) is 4.39 Å². The minimum absolute atomic E-state index is 0.256. The second-order valence-electron chi connectivity index (χ2n) is 5.78. The van der Waals surface area contributed by atoms with Gasteiger partial charge >= 0.3 is 0 Å². The van der Waals surface area contributed by atoms with Crippen LogP contribution in [0.15, 0.2) is 18.2 Å². The van der Waals surface area contributed by atoms with E-state index in [1.165, 1.54) is 31.4 Å². The smallest absolute Gasteiger partial charge is 0.124 e. The molecule has 106 valence electrons. The topological polar surface area (TPSA) is 12.0 Å². The fourth-order valence-electron chi connectivity index (χ4n) is 3.22. The van der Waals surface area contributed by atoms with Crippen LogP contribution in [0.1, 0.15) is 38.7 Å². The minimum Gasteiger partial charge on any atom is -0.314 e. The minimum atomic E-state index is -0.256. The Morgan fingerprint density at radius 3 is 2.84 bits per heavy atom. The number of rotatable bonds is 4. The highest BCUT2D eigenvalue weighted by molar-refractivity contribution is 6.31. The maximum absolute atomic E-state index is 13.1. The molecule has 1 N–H and O–H groups in total. The normalized spacial score (nSPS) is 27.5. The zero-order valence-corrected chi connectivity index (χ0v) is 12.5. The molecule has 19 heavy (non-hydrogen) atoms. The predicted molar refractivity (Wildman–Crippen MR) is 79.1 cm³/mol.